The second kappa shape index (κ2) is 8.12. The highest BCUT2D eigenvalue weighted by molar-refractivity contribution is 6.14. The number of hydrogen-bond acceptors (Lipinski definition) is 5. The van der Waals surface area contributed by atoms with E-state index in [1.165, 1.54) is 4.68 Å². The lowest BCUT2D eigenvalue weighted by Gasteiger charge is -2.13. The smallest absolute Gasteiger partial charge is 0.273 e. The molecular formula is C25H24N4O4. The van der Waals surface area contributed by atoms with E-state index in [1.807, 2.05) is 20.8 Å². The molecule has 0 saturated heterocycles. The van der Waals surface area contributed by atoms with Crippen molar-refractivity contribution in [3.05, 3.63) is 76.6 Å². The Balaban J connectivity index is 1.55. The minimum atomic E-state index is -0.853. The predicted octanol–water partition coefficient (Wildman–Crippen LogP) is 3.44. The molecule has 1 aliphatic heterocycles. The Morgan fingerprint density at radius 1 is 1.09 bits per heavy atom. The van der Waals surface area contributed by atoms with E-state index in [2.05, 4.69) is 15.7 Å². The number of benzene rings is 2. The lowest BCUT2D eigenvalue weighted by atomic mass is 9.92. The first-order chi connectivity index (χ1) is 15.6. The molecule has 3 aromatic rings. The maximum absolute atomic E-state index is 13.0. The Morgan fingerprint density at radius 3 is 2.48 bits per heavy atom. The summed E-state index contributed by atoms with van der Waals surface area (Å²) < 4.78 is 1.54. The standard InChI is InChI=1S/C25H24N4O4/c1-25(2,3)21-12-20(29(4)28-21)24(33)26-16-7-5-6-14(10-16)22(31)15-8-9-17-18(13-30)23(32)27-19(17)11-15/h5-13,18H,1-4H3,(H,26,33)(H,27,32). The fraction of sp³-hybridized carbons (Fsp3) is 0.240. The van der Waals surface area contributed by atoms with Gasteiger partial charge in [0.1, 0.15) is 17.9 Å². The summed E-state index contributed by atoms with van der Waals surface area (Å²) in [5, 5.41) is 9.88. The van der Waals surface area contributed by atoms with Crippen LogP contribution in [0.4, 0.5) is 11.4 Å². The van der Waals surface area contributed by atoms with E-state index in [-0.39, 0.29) is 17.1 Å². The molecule has 2 heterocycles. The van der Waals surface area contributed by atoms with Crippen molar-refractivity contribution in [2.45, 2.75) is 32.1 Å². The molecule has 0 saturated carbocycles. The van der Waals surface area contributed by atoms with Crippen molar-refractivity contribution in [3.8, 4) is 0 Å². The Bertz CT molecular complexity index is 1300. The van der Waals surface area contributed by atoms with Crippen molar-refractivity contribution in [3.63, 3.8) is 0 Å². The summed E-state index contributed by atoms with van der Waals surface area (Å²) in [5.41, 5.74) is 3.26. The van der Waals surface area contributed by atoms with Gasteiger partial charge < -0.3 is 15.4 Å². The summed E-state index contributed by atoms with van der Waals surface area (Å²) in [6.07, 6.45) is 0.585. The predicted molar refractivity (Wildman–Crippen MR) is 124 cm³/mol. The number of anilines is 2. The van der Waals surface area contributed by atoms with E-state index in [9.17, 15) is 19.2 Å². The topological polar surface area (TPSA) is 110 Å². The van der Waals surface area contributed by atoms with Crippen LogP contribution >= 0.6 is 0 Å². The first-order valence-electron chi connectivity index (χ1n) is 10.5. The van der Waals surface area contributed by atoms with Gasteiger partial charge in [-0.1, -0.05) is 45.0 Å². The molecule has 0 fully saturated rings. The van der Waals surface area contributed by atoms with Gasteiger partial charge in [-0.2, -0.15) is 5.10 Å². The van der Waals surface area contributed by atoms with Crippen LogP contribution < -0.4 is 10.6 Å². The molecule has 0 aliphatic carbocycles. The molecule has 0 radical (unpaired) electrons. The van der Waals surface area contributed by atoms with Gasteiger partial charge in [0.05, 0.1) is 5.69 Å². The molecule has 8 nitrogen and oxygen atoms in total. The maximum Gasteiger partial charge on any atom is 0.273 e. The monoisotopic (exact) mass is 444 g/mol. The zero-order chi connectivity index (χ0) is 23.9. The van der Waals surface area contributed by atoms with E-state index >= 15 is 0 Å². The van der Waals surface area contributed by atoms with Gasteiger partial charge >= 0.3 is 0 Å². The number of hydrogen-bond donors (Lipinski definition) is 2. The molecule has 33 heavy (non-hydrogen) atoms. The first-order valence-corrected chi connectivity index (χ1v) is 10.5. The third kappa shape index (κ3) is 4.19. The molecule has 0 spiro atoms. The number of aromatic nitrogens is 2. The van der Waals surface area contributed by atoms with E-state index in [4.69, 9.17) is 0 Å². The lowest BCUT2D eigenvalue weighted by Crippen LogP contribution is -2.16. The van der Waals surface area contributed by atoms with Crippen molar-refractivity contribution in [2.24, 2.45) is 7.05 Å². The van der Waals surface area contributed by atoms with Crippen molar-refractivity contribution in [2.75, 3.05) is 10.6 Å². The lowest BCUT2D eigenvalue weighted by molar-refractivity contribution is -0.121. The first kappa shape index (κ1) is 22.1. The number of aldehydes is 1. The number of rotatable bonds is 5. The minimum Gasteiger partial charge on any atom is -0.325 e. The molecule has 4 rings (SSSR count). The van der Waals surface area contributed by atoms with Crippen molar-refractivity contribution < 1.29 is 19.2 Å². The molecule has 2 amide bonds. The second-order valence-corrected chi connectivity index (χ2v) is 9.06. The van der Waals surface area contributed by atoms with Crippen LogP contribution in [0.1, 0.15) is 64.4 Å². The highest BCUT2D eigenvalue weighted by Gasteiger charge is 2.30. The highest BCUT2D eigenvalue weighted by atomic mass is 16.2. The average Bonchev–Trinajstić information content (AvgIpc) is 3.31. The molecule has 1 aromatic heterocycles. The molecule has 1 unspecified atom stereocenters. The fourth-order valence-electron chi connectivity index (χ4n) is 3.71. The second-order valence-electron chi connectivity index (χ2n) is 9.06. The minimum absolute atomic E-state index is 0.191. The van der Waals surface area contributed by atoms with Crippen LogP contribution in [0.3, 0.4) is 0 Å². The molecule has 168 valence electrons. The normalized spacial score (nSPS) is 15.0. The van der Waals surface area contributed by atoms with Gasteiger partial charge in [0, 0.05) is 35.0 Å². The number of ketones is 1. The van der Waals surface area contributed by atoms with Crippen LogP contribution in [0.5, 0.6) is 0 Å². The summed E-state index contributed by atoms with van der Waals surface area (Å²) in [7, 11) is 1.71. The quantitative estimate of drug-likeness (QED) is 0.356. The molecule has 1 aliphatic rings. The number of nitrogens with one attached hydrogen (secondary N) is 2. The Kier molecular flexibility index (Phi) is 5.45. The summed E-state index contributed by atoms with van der Waals surface area (Å²) in [6, 6.07) is 13.2. The van der Waals surface area contributed by atoms with Gasteiger partial charge in [0.25, 0.3) is 5.91 Å². The third-order valence-corrected chi connectivity index (χ3v) is 5.59. The van der Waals surface area contributed by atoms with Crippen LogP contribution in [-0.2, 0) is 22.1 Å². The van der Waals surface area contributed by atoms with E-state index in [0.29, 0.717) is 40.0 Å². The van der Waals surface area contributed by atoms with Gasteiger partial charge in [-0.25, -0.2) is 0 Å². The van der Waals surface area contributed by atoms with Gasteiger partial charge in [-0.05, 0) is 29.8 Å². The number of carbonyl (C=O) groups is 4. The SMILES string of the molecule is Cn1nc(C(C)(C)C)cc1C(=O)Nc1cccc(C(=O)c2ccc3c(c2)NC(=O)C3C=O)c1. The molecule has 2 aromatic carbocycles. The number of amides is 2. The Morgan fingerprint density at radius 2 is 1.82 bits per heavy atom. The maximum atomic E-state index is 13.0. The van der Waals surface area contributed by atoms with Crippen LogP contribution in [0.15, 0.2) is 48.5 Å². The molecular weight excluding hydrogens is 420 g/mol. The summed E-state index contributed by atoms with van der Waals surface area (Å²) >= 11 is 0. The average molecular weight is 444 g/mol. The molecule has 1 atom stereocenters. The van der Waals surface area contributed by atoms with Gasteiger partial charge in [0.15, 0.2) is 5.78 Å². The van der Waals surface area contributed by atoms with Crippen LogP contribution in [0, 0.1) is 0 Å². The van der Waals surface area contributed by atoms with E-state index in [1.54, 1.807) is 55.6 Å². The fourth-order valence-corrected chi connectivity index (χ4v) is 3.71. The van der Waals surface area contributed by atoms with Gasteiger partial charge in [0.2, 0.25) is 5.91 Å². The molecule has 8 heteroatoms. The summed E-state index contributed by atoms with van der Waals surface area (Å²) in [5.74, 6) is -1.86. The number of carbonyl (C=O) groups excluding carboxylic acids is 4. The zero-order valence-corrected chi connectivity index (χ0v) is 18.8. The van der Waals surface area contributed by atoms with Crippen LogP contribution in [0.25, 0.3) is 0 Å². The Hall–Kier alpha value is -4.07. The van der Waals surface area contributed by atoms with E-state index < -0.39 is 11.8 Å². The van der Waals surface area contributed by atoms with E-state index in [0.717, 1.165) is 5.69 Å². The van der Waals surface area contributed by atoms with Crippen molar-refractivity contribution in [1.82, 2.24) is 9.78 Å². The van der Waals surface area contributed by atoms with Gasteiger partial charge in [-0.3, -0.25) is 19.1 Å². The molecule has 2 N–H and O–H groups in total. The Labute approximate surface area is 191 Å². The third-order valence-electron chi connectivity index (χ3n) is 5.59. The largest absolute Gasteiger partial charge is 0.325 e. The summed E-state index contributed by atoms with van der Waals surface area (Å²) in [4.78, 5) is 48.9. The van der Waals surface area contributed by atoms with Crippen molar-refractivity contribution in [1.29, 1.82) is 0 Å². The number of aryl methyl sites for hydroxylation is 1. The number of fused-ring (bicyclic) bond motifs is 1. The number of nitrogens with zero attached hydrogens (tertiary/aromatic N) is 2. The van der Waals surface area contributed by atoms with Gasteiger partial charge in [-0.15, -0.1) is 0 Å². The molecule has 0 bridgehead atoms. The zero-order valence-electron chi connectivity index (χ0n) is 18.8. The highest BCUT2D eigenvalue weighted by Crippen LogP contribution is 2.32. The van der Waals surface area contributed by atoms with Crippen LogP contribution in [0.2, 0.25) is 0 Å². The van der Waals surface area contributed by atoms with Crippen molar-refractivity contribution >= 4 is 35.3 Å². The van der Waals surface area contributed by atoms with Crippen LogP contribution in [-0.4, -0.2) is 33.7 Å². The summed E-state index contributed by atoms with van der Waals surface area (Å²) in [6.45, 7) is 6.07.